The lowest BCUT2D eigenvalue weighted by atomic mass is 9.72. The second-order valence-corrected chi connectivity index (χ2v) is 8.43. The Morgan fingerprint density at radius 1 is 0.724 bits per heavy atom. The predicted octanol–water partition coefficient (Wildman–Crippen LogP) is 6.27. The van der Waals surface area contributed by atoms with Crippen molar-refractivity contribution in [1.82, 2.24) is 4.90 Å². The Hall–Kier alpha value is -2.52. The first-order valence-corrected chi connectivity index (χ1v) is 10.5. The molecule has 0 saturated carbocycles. The summed E-state index contributed by atoms with van der Waals surface area (Å²) in [5.41, 5.74) is 3.71. The number of hydrogen-bond donors (Lipinski definition) is 0. The van der Waals surface area contributed by atoms with E-state index in [-0.39, 0.29) is 17.6 Å². The fourth-order valence-electron chi connectivity index (χ4n) is 5.55. The number of nitrogens with zero attached hydrogens (tertiary/aromatic N) is 1. The molecule has 1 nitrogen and oxygen atoms in total. The summed E-state index contributed by atoms with van der Waals surface area (Å²) in [6.45, 7) is 0.948. The fraction of sp³-hybridized carbons (Fsp3) is 0.308. The molecule has 0 aromatic heterocycles. The van der Waals surface area contributed by atoms with Crippen LogP contribution in [0.3, 0.4) is 0 Å². The Bertz CT molecular complexity index is 952. The van der Waals surface area contributed by atoms with E-state index in [0.717, 1.165) is 19.4 Å². The summed E-state index contributed by atoms with van der Waals surface area (Å²) in [7, 11) is 0. The van der Waals surface area contributed by atoms with E-state index in [0.29, 0.717) is 18.0 Å². The van der Waals surface area contributed by atoms with Gasteiger partial charge in [-0.05, 0) is 66.1 Å². The van der Waals surface area contributed by atoms with E-state index < -0.39 is 0 Å². The lowest BCUT2D eigenvalue weighted by Gasteiger charge is -2.45. The van der Waals surface area contributed by atoms with Gasteiger partial charge in [0.25, 0.3) is 0 Å². The van der Waals surface area contributed by atoms with Gasteiger partial charge in [0, 0.05) is 24.5 Å². The van der Waals surface area contributed by atoms with Crippen LogP contribution in [0.5, 0.6) is 0 Å². The molecule has 0 aliphatic carbocycles. The van der Waals surface area contributed by atoms with E-state index in [9.17, 15) is 8.78 Å². The van der Waals surface area contributed by atoms with Gasteiger partial charge < -0.3 is 0 Å². The summed E-state index contributed by atoms with van der Waals surface area (Å²) in [4.78, 5) is 2.66. The highest BCUT2D eigenvalue weighted by molar-refractivity contribution is 5.34. The summed E-state index contributed by atoms with van der Waals surface area (Å²) in [5.74, 6) is 0.207. The van der Waals surface area contributed by atoms with Crippen molar-refractivity contribution < 1.29 is 8.78 Å². The average Bonchev–Trinajstić information content (AvgIpc) is 3.01. The molecule has 3 heteroatoms. The average molecular weight is 389 g/mol. The Morgan fingerprint density at radius 3 is 2.00 bits per heavy atom. The van der Waals surface area contributed by atoms with Crippen LogP contribution < -0.4 is 0 Å². The lowest BCUT2D eigenvalue weighted by molar-refractivity contribution is 0.0980. The summed E-state index contributed by atoms with van der Waals surface area (Å²) >= 11 is 0. The second-order valence-electron chi connectivity index (χ2n) is 8.43. The molecule has 3 aromatic rings. The van der Waals surface area contributed by atoms with Gasteiger partial charge in [-0.1, -0.05) is 54.6 Å². The third-order valence-electron chi connectivity index (χ3n) is 6.83. The second kappa shape index (κ2) is 7.72. The third kappa shape index (κ3) is 3.60. The fourth-order valence-corrected chi connectivity index (χ4v) is 5.55. The van der Waals surface area contributed by atoms with Crippen LogP contribution in [0.2, 0.25) is 0 Å². The molecule has 2 heterocycles. The minimum Gasteiger partial charge on any atom is -0.293 e. The first-order chi connectivity index (χ1) is 14.2. The van der Waals surface area contributed by atoms with Crippen LogP contribution in [0.25, 0.3) is 0 Å². The zero-order valence-corrected chi connectivity index (χ0v) is 16.3. The Morgan fingerprint density at radius 2 is 1.34 bits per heavy atom. The highest BCUT2D eigenvalue weighted by Gasteiger charge is 2.47. The molecule has 4 atom stereocenters. The molecule has 2 bridgehead atoms. The van der Waals surface area contributed by atoms with Gasteiger partial charge in [-0.2, -0.15) is 0 Å². The highest BCUT2D eigenvalue weighted by atomic mass is 19.1. The van der Waals surface area contributed by atoms with Crippen molar-refractivity contribution in [1.29, 1.82) is 0 Å². The zero-order chi connectivity index (χ0) is 19.8. The van der Waals surface area contributed by atoms with Crippen molar-refractivity contribution in [3.63, 3.8) is 0 Å². The third-order valence-corrected chi connectivity index (χ3v) is 6.83. The van der Waals surface area contributed by atoms with Crippen LogP contribution in [-0.2, 0) is 6.54 Å². The van der Waals surface area contributed by atoms with Gasteiger partial charge >= 0.3 is 0 Å². The van der Waals surface area contributed by atoms with E-state index >= 15 is 0 Å². The van der Waals surface area contributed by atoms with Gasteiger partial charge in [0.2, 0.25) is 0 Å². The van der Waals surface area contributed by atoms with Crippen molar-refractivity contribution in [2.24, 2.45) is 0 Å². The molecule has 0 spiro atoms. The zero-order valence-electron chi connectivity index (χ0n) is 16.3. The first kappa shape index (κ1) is 18.5. The molecule has 2 aliphatic heterocycles. The standard InChI is InChI=1S/C26H25F2N/c27-21-10-6-19(7-11-21)24-16-23-14-15-25(26(24)20-8-12-22(28)13-9-20)29(23)17-18-4-2-1-3-5-18/h1-13,23-26H,14-17H2/t23-,24-,25+,26-/m0/s1. The molecule has 0 N–H and O–H groups in total. The van der Waals surface area contributed by atoms with Crippen LogP contribution in [0.15, 0.2) is 78.9 Å². The van der Waals surface area contributed by atoms with Gasteiger partial charge in [-0.3, -0.25) is 4.90 Å². The van der Waals surface area contributed by atoms with Crippen LogP contribution in [0.1, 0.15) is 47.8 Å². The Balaban J connectivity index is 1.52. The Kier molecular flexibility index (Phi) is 4.92. The molecule has 5 rings (SSSR count). The number of hydrogen-bond acceptors (Lipinski definition) is 1. The van der Waals surface area contributed by atoms with Crippen molar-refractivity contribution in [2.75, 3.05) is 0 Å². The molecular weight excluding hydrogens is 364 g/mol. The molecule has 2 saturated heterocycles. The molecule has 148 valence electrons. The molecule has 2 fully saturated rings. The maximum Gasteiger partial charge on any atom is 0.123 e. The van der Waals surface area contributed by atoms with Crippen molar-refractivity contribution in [2.45, 2.75) is 49.7 Å². The first-order valence-electron chi connectivity index (χ1n) is 10.5. The van der Waals surface area contributed by atoms with Crippen LogP contribution in [0, 0.1) is 11.6 Å². The summed E-state index contributed by atoms with van der Waals surface area (Å²) < 4.78 is 27.2. The number of benzene rings is 3. The van der Waals surface area contributed by atoms with E-state index in [1.165, 1.54) is 23.1 Å². The van der Waals surface area contributed by atoms with E-state index in [2.05, 4.69) is 35.2 Å². The maximum absolute atomic E-state index is 13.6. The smallest absolute Gasteiger partial charge is 0.123 e. The van der Waals surface area contributed by atoms with Gasteiger partial charge in [-0.15, -0.1) is 0 Å². The molecule has 0 unspecified atom stereocenters. The minimum absolute atomic E-state index is 0.198. The molecule has 3 aromatic carbocycles. The predicted molar refractivity (Wildman–Crippen MR) is 112 cm³/mol. The molecule has 29 heavy (non-hydrogen) atoms. The normalized spacial score (nSPS) is 26.6. The highest BCUT2D eigenvalue weighted by Crippen LogP contribution is 2.51. The number of rotatable bonds is 4. The molecule has 2 aliphatic rings. The maximum atomic E-state index is 13.6. The van der Waals surface area contributed by atoms with Crippen LogP contribution >= 0.6 is 0 Å². The summed E-state index contributed by atoms with van der Waals surface area (Å²) in [5, 5.41) is 0. The molecule has 0 radical (unpaired) electrons. The molecular formula is C26H25F2N. The number of fused-ring (bicyclic) bond motifs is 2. The van der Waals surface area contributed by atoms with Crippen molar-refractivity contribution >= 4 is 0 Å². The van der Waals surface area contributed by atoms with Gasteiger partial charge in [-0.25, -0.2) is 8.78 Å². The number of halogens is 2. The monoisotopic (exact) mass is 389 g/mol. The van der Waals surface area contributed by atoms with Crippen molar-refractivity contribution in [3.05, 3.63) is 107 Å². The van der Waals surface area contributed by atoms with E-state index in [1.54, 1.807) is 24.3 Å². The van der Waals surface area contributed by atoms with Crippen LogP contribution in [-0.4, -0.2) is 17.0 Å². The summed E-state index contributed by atoms with van der Waals surface area (Å²) in [6, 6.07) is 25.6. The summed E-state index contributed by atoms with van der Waals surface area (Å²) in [6.07, 6.45) is 3.39. The minimum atomic E-state index is -0.201. The quantitative estimate of drug-likeness (QED) is 0.508. The SMILES string of the molecule is Fc1ccc([C@@H]2[C@H]3CC[C@@H](C[C@H]2c2ccc(F)cc2)N3Cc2ccccc2)cc1. The van der Waals surface area contributed by atoms with E-state index in [1.807, 2.05) is 24.3 Å². The van der Waals surface area contributed by atoms with Crippen LogP contribution in [0.4, 0.5) is 8.78 Å². The largest absolute Gasteiger partial charge is 0.293 e. The number of piperidine rings is 1. The molecule has 0 amide bonds. The Labute approximate surface area is 171 Å². The van der Waals surface area contributed by atoms with Gasteiger partial charge in [0.15, 0.2) is 0 Å². The topological polar surface area (TPSA) is 3.24 Å². The van der Waals surface area contributed by atoms with Gasteiger partial charge in [0.1, 0.15) is 11.6 Å². The van der Waals surface area contributed by atoms with E-state index in [4.69, 9.17) is 0 Å². The lowest BCUT2D eigenvalue weighted by Crippen LogP contribution is -2.46. The van der Waals surface area contributed by atoms with Crippen molar-refractivity contribution in [3.8, 4) is 0 Å². The van der Waals surface area contributed by atoms with Gasteiger partial charge in [0.05, 0.1) is 0 Å².